The zero-order chi connectivity index (χ0) is 12.7. The Morgan fingerprint density at radius 1 is 1.35 bits per heavy atom. The lowest BCUT2D eigenvalue weighted by Gasteiger charge is -2.05. The molecule has 0 bridgehead atoms. The van der Waals surface area contributed by atoms with E-state index in [0.29, 0.717) is 12.5 Å². The number of hydrogen-bond acceptors (Lipinski definition) is 4. The molecule has 0 atom stereocenters. The van der Waals surface area contributed by atoms with E-state index >= 15 is 0 Å². The first kappa shape index (κ1) is 14.2. The third kappa shape index (κ3) is 6.44. The van der Waals surface area contributed by atoms with Crippen molar-refractivity contribution in [3.05, 3.63) is 17.8 Å². The molecule has 17 heavy (non-hydrogen) atoms. The number of nitrogens with zero attached hydrogens (tertiary/aromatic N) is 1. The van der Waals surface area contributed by atoms with Crippen molar-refractivity contribution in [2.24, 2.45) is 5.92 Å². The second kappa shape index (κ2) is 7.45. The molecule has 4 nitrogen and oxygen atoms in total. The van der Waals surface area contributed by atoms with Crippen LogP contribution in [0.5, 0.6) is 0 Å². The predicted octanol–water partition coefficient (Wildman–Crippen LogP) is 2.39. The average molecular weight is 240 g/mol. The Hall–Kier alpha value is -0.870. The van der Waals surface area contributed by atoms with Crippen molar-refractivity contribution in [2.45, 2.75) is 46.8 Å². The molecule has 98 valence electrons. The first-order valence-corrected chi connectivity index (χ1v) is 6.33. The highest BCUT2D eigenvalue weighted by Gasteiger charge is 2.05. The van der Waals surface area contributed by atoms with Gasteiger partial charge in [-0.2, -0.15) is 0 Å². The maximum absolute atomic E-state index is 5.56. The van der Waals surface area contributed by atoms with Crippen LogP contribution in [0.4, 0.5) is 0 Å². The molecule has 0 radical (unpaired) electrons. The van der Waals surface area contributed by atoms with Gasteiger partial charge in [0.2, 0.25) is 0 Å². The third-order valence-electron chi connectivity index (χ3n) is 2.23. The summed E-state index contributed by atoms with van der Waals surface area (Å²) in [7, 11) is 0. The molecule has 1 N–H and O–H groups in total. The monoisotopic (exact) mass is 240 g/mol. The van der Waals surface area contributed by atoms with Gasteiger partial charge in [-0.3, -0.25) is 0 Å². The van der Waals surface area contributed by atoms with E-state index in [1.807, 2.05) is 13.8 Å². The molecule has 0 aromatic carbocycles. The average Bonchev–Trinajstić information content (AvgIpc) is 2.69. The molecule has 0 aliphatic rings. The summed E-state index contributed by atoms with van der Waals surface area (Å²) in [5.41, 5.74) is 0. The molecule has 0 saturated heterocycles. The molecular weight excluding hydrogens is 216 g/mol. The Morgan fingerprint density at radius 2 is 2.12 bits per heavy atom. The van der Waals surface area contributed by atoms with Crippen LogP contribution < -0.4 is 5.32 Å². The van der Waals surface area contributed by atoms with Crippen LogP contribution >= 0.6 is 0 Å². The quantitative estimate of drug-likeness (QED) is 0.709. The zero-order valence-electron chi connectivity index (χ0n) is 11.3. The minimum absolute atomic E-state index is 0.219. The highest BCUT2D eigenvalue weighted by Crippen LogP contribution is 2.06. The lowest BCUT2D eigenvalue weighted by Crippen LogP contribution is -2.22. The number of rotatable bonds is 8. The molecule has 0 fully saturated rings. The van der Waals surface area contributed by atoms with Gasteiger partial charge in [-0.1, -0.05) is 13.8 Å². The van der Waals surface area contributed by atoms with Gasteiger partial charge in [-0.15, -0.1) is 0 Å². The molecule has 0 aliphatic heterocycles. The van der Waals surface area contributed by atoms with E-state index in [0.717, 1.165) is 31.2 Å². The van der Waals surface area contributed by atoms with Crippen LogP contribution in [-0.4, -0.2) is 24.2 Å². The van der Waals surface area contributed by atoms with Gasteiger partial charge in [0.05, 0.1) is 12.3 Å². The third-order valence-corrected chi connectivity index (χ3v) is 2.23. The fourth-order valence-electron chi connectivity index (χ4n) is 1.37. The molecular formula is C13H24N2O2. The molecule has 0 unspecified atom stereocenters. The van der Waals surface area contributed by atoms with Gasteiger partial charge in [-0.25, -0.2) is 4.98 Å². The van der Waals surface area contributed by atoms with Crippen LogP contribution in [0.3, 0.4) is 0 Å². The van der Waals surface area contributed by atoms with Crippen LogP contribution in [0.25, 0.3) is 0 Å². The number of nitrogens with one attached hydrogen (secondary N) is 1. The molecule has 1 aromatic heterocycles. The van der Waals surface area contributed by atoms with Gasteiger partial charge in [0, 0.05) is 13.0 Å². The Balaban J connectivity index is 2.21. The van der Waals surface area contributed by atoms with Crippen LogP contribution in [0.15, 0.2) is 10.6 Å². The van der Waals surface area contributed by atoms with Crippen molar-refractivity contribution < 1.29 is 9.15 Å². The van der Waals surface area contributed by atoms with Gasteiger partial charge >= 0.3 is 0 Å². The van der Waals surface area contributed by atoms with E-state index in [9.17, 15) is 0 Å². The van der Waals surface area contributed by atoms with Crippen LogP contribution in [0, 0.1) is 5.92 Å². The normalized spacial score (nSPS) is 11.6. The predicted molar refractivity (Wildman–Crippen MR) is 67.8 cm³/mol. The number of hydrogen-bond donors (Lipinski definition) is 1. The summed E-state index contributed by atoms with van der Waals surface area (Å²) in [4.78, 5) is 4.22. The summed E-state index contributed by atoms with van der Waals surface area (Å²) >= 11 is 0. The van der Waals surface area contributed by atoms with E-state index < -0.39 is 0 Å². The van der Waals surface area contributed by atoms with Crippen LogP contribution in [0.1, 0.15) is 39.3 Å². The van der Waals surface area contributed by atoms with Crippen molar-refractivity contribution in [1.29, 1.82) is 0 Å². The highest BCUT2D eigenvalue weighted by molar-refractivity contribution is 4.93. The molecule has 1 rings (SSSR count). The fourth-order valence-corrected chi connectivity index (χ4v) is 1.37. The summed E-state index contributed by atoms with van der Waals surface area (Å²) in [6.45, 7) is 10.8. The SMILES string of the molecule is CC(C)CNCCc1ncc(COC(C)C)o1. The van der Waals surface area contributed by atoms with E-state index in [1.165, 1.54) is 0 Å². The number of oxazole rings is 1. The minimum Gasteiger partial charge on any atom is -0.443 e. The summed E-state index contributed by atoms with van der Waals surface area (Å²) in [5, 5.41) is 3.36. The second-order valence-corrected chi connectivity index (χ2v) is 4.93. The Morgan fingerprint density at radius 3 is 2.76 bits per heavy atom. The lowest BCUT2D eigenvalue weighted by molar-refractivity contribution is 0.0539. The standard InChI is InChI=1S/C13H24N2O2/c1-10(2)7-14-6-5-13-15-8-12(17-13)9-16-11(3)4/h8,10-11,14H,5-7,9H2,1-4H3. The maximum atomic E-state index is 5.56. The van der Waals surface area contributed by atoms with E-state index in [4.69, 9.17) is 9.15 Å². The van der Waals surface area contributed by atoms with Gasteiger partial charge in [-0.05, 0) is 26.3 Å². The van der Waals surface area contributed by atoms with E-state index in [1.54, 1.807) is 6.20 Å². The van der Waals surface area contributed by atoms with Crippen LogP contribution in [0.2, 0.25) is 0 Å². The van der Waals surface area contributed by atoms with Crippen LogP contribution in [-0.2, 0) is 17.8 Å². The smallest absolute Gasteiger partial charge is 0.195 e. The van der Waals surface area contributed by atoms with E-state index in [-0.39, 0.29) is 6.10 Å². The molecule has 0 saturated carbocycles. The molecule has 4 heteroatoms. The maximum Gasteiger partial charge on any atom is 0.195 e. The Labute approximate surface area is 104 Å². The Bertz CT molecular complexity index is 308. The van der Waals surface area contributed by atoms with Crippen molar-refractivity contribution in [1.82, 2.24) is 10.3 Å². The van der Waals surface area contributed by atoms with Gasteiger partial charge in [0.1, 0.15) is 12.4 Å². The first-order chi connectivity index (χ1) is 8.08. The second-order valence-electron chi connectivity index (χ2n) is 4.93. The molecule has 0 aliphatic carbocycles. The topological polar surface area (TPSA) is 47.3 Å². The van der Waals surface area contributed by atoms with Gasteiger partial charge in [0.15, 0.2) is 5.89 Å². The molecule has 1 aromatic rings. The zero-order valence-corrected chi connectivity index (χ0v) is 11.3. The van der Waals surface area contributed by atoms with E-state index in [2.05, 4.69) is 24.1 Å². The number of aromatic nitrogens is 1. The summed E-state index contributed by atoms with van der Waals surface area (Å²) in [6, 6.07) is 0. The summed E-state index contributed by atoms with van der Waals surface area (Å²) in [6.07, 6.45) is 2.80. The molecule has 0 amide bonds. The van der Waals surface area contributed by atoms with Crippen molar-refractivity contribution in [3.8, 4) is 0 Å². The fraction of sp³-hybridized carbons (Fsp3) is 0.769. The molecule has 1 heterocycles. The van der Waals surface area contributed by atoms with Gasteiger partial charge < -0.3 is 14.5 Å². The van der Waals surface area contributed by atoms with Crippen molar-refractivity contribution in [3.63, 3.8) is 0 Å². The molecule has 0 spiro atoms. The summed E-state index contributed by atoms with van der Waals surface area (Å²) in [5.74, 6) is 2.26. The summed E-state index contributed by atoms with van der Waals surface area (Å²) < 4.78 is 11.0. The minimum atomic E-state index is 0.219. The number of ether oxygens (including phenoxy) is 1. The lowest BCUT2D eigenvalue weighted by atomic mass is 10.2. The largest absolute Gasteiger partial charge is 0.443 e. The van der Waals surface area contributed by atoms with Crippen molar-refractivity contribution >= 4 is 0 Å². The van der Waals surface area contributed by atoms with Crippen molar-refractivity contribution in [2.75, 3.05) is 13.1 Å². The Kier molecular flexibility index (Phi) is 6.22. The van der Waals surface area contributed by atoms with Gasteiger partial charge in [0.25, 0.3) is 0 Å². The highest BCUT2D eigenvalue weighted by atomic mass is 16.5. The first-order valence-electron chi connectivity index (χ1n) is 6.33.